The van der Waals surface area contributed by atoms with Crippen LogP contribution < -0.4 is 5.73 Å². The number of halogens is 1. The average Bonchev–Trinajstić information content (AvgIpc) is 2.29. The topological polar surface area (TPSA) is 83.6 Å². The molecule has 0 aliphatic carbocycles. The minimum atomic E-state index is -0.879. The molecular formula is C14H19ClN2O3. The monoisotopic (exact) mass is 298 g/mol. The summed E-state index contributed by atoms with van der Waals surface area (Å²) in [5, 5.41) is 9.34. The molecule has 0 unspecified atom stereocenters. The first-order valence-electron chi connectivity index (χ1n) is 6.32. The second-order valence-corrected chi connectivity index (χ2v) is 5.53. The maximum absolute atomic E-state index is 11.1. The van der Waals surface area contributed by atoms with Crippen LogP contribution in [0.1, 0.15) is 29.8 Å². The fourth-order valence-corrected chi connectivity index (χ4v) is 2.20. The van der Waals surface area contributed by atoms with Crippen molar-refractivity contribution in [2.24, 2.45) is 11.7 Å². The number of carboxylic acids is 1. The van der Waals surface area contributed by atoms with E-state index >= 15 is 0 Å². The van der Waals surface area contributed by atoms with E-state index in [2.05, 4.69) is 0 Å². The van der Waals surface area contributed by atoms with Gasteiger partial charge in [-0.3, -0.25) is 14.5 Å². The molecule has 0 aliphatic rings. The second-order valence-electron chi connectivity index (χ2n) is 5.13. The molecule has 1 rings (SSSR count). The zero-order chi connectivity index (χ0) is 15.3. The van der Waals surface area contributed by atoms with Gasteiger partial charge in [0.25, 0.3) is 0 Å². The van der Waals surface area contributed by atoms with Crippen molar-refractivity contribution in [1.29, 1.82) is 0 Å². The van der Waals surface area contributed by atoms with Crippen molar-refractivity contribution in [3.05, 3.63) is 34.3 Å². The predicted octanol–water partition coefficient (Wildman–Crippen LogP) is 1.98. The number of carboxylic acid groups (broad SMARTS) is 1. The van der Waals surface area contributed by atoms with E-state index in [0.29, 0.717) is 29.6 Å². The van der Waals surface area contributed by atoms with Crippen molar-refractivity contribution in [3.63, 3.8) is 0 Å². The van der Waals surface area contributed by atoms with Crippen LogP contribution in [0.2, 0.25) is 5.02 Å². The molecule has 20 heavy (non-hydrogen) atoms. The molecule has 110 valence electrons. The van der Waals surface area contributed by atoms with Crippen molar-refractivity contribution in [1.82, 2.24) is 4.90 Å². The third-order valence-corrected chi connectivity index (χ3v) is 3.07. The Hall–Kier alpha value is -1.59. The molecule has 0 spiro atoms. The first-order chi connectivity index (χ1) is 9.29. The largest absolute Gasteiger partial charge is 0.480 e. The quantitative estimate of drug-likeness (QED) is 0.806. The van der Waals surface area contributed by atoms with Gasteiger partial charge in [-0.25, -0.2) is 0 Å². The molecule has 0 fully saturated rings. The maximum Gasteiger partial charge on any atom is 0.317 e. The van der Waals surface area contributed by atoms with Crippen LogP contribution in [0.5, 0.6) is 0 Å². The van der Waals surface area contributed by atoms with E-state index in [1.54, 1.807) is 17.0 Å². The van der Waals surface area contributed by atoms with Crippen LogP contribution >= 0.6 is 11.6 Å². The Balaban J connectivity index is 2.87. The molecule has 0 saturated heterocycles. The minimum absolute atomic E-state index is 0.0495. The van der Waals surface area contributed by atoms with Gasteiger partial charge < -0.3 is 10.8 Å². The van der Waals surface area contributed by atoms with Gasteiger partial charge in [-0.05, 0) is 23.6 Å². The fourth-order valence-electron chi connectivity index (χ4n) is 1.96. The Bertz CT molecular complexity index is 503. The number of amides is 1. The number of benzene rings is 1. The van der Waals surface area contributed by atoms with Gasteiger partial charge in [-0.15, -0.1) is 0 Å². The molecule has 6 heteroatoms. The summed E-state index contributed by atoms with van der Waals surface area (Å²) >= 11 is 6.11. The van der Waals surface area contributed by atoms with Crippen LogP contribution in [0, 0.1) is 5.92 Å². The highest BCUT2D eigenvalue weighted by Gasteiger charge is 2.14. The normalized spacial score (nSPS) is 11.1. The molecule has 0 aliphatic heterocycles. The molecule has 0 atom stereocenters. The van der Waals surface area contributed by atoms with E-state index in [9.17, 15) is 9.59 Å². The van der Waals surface area contributed by atoms with Gasteiger partial charge in [0.2, 0.25) is 5.91 Å². The summed E-state index contributed by atoms with van der Waals surface area (Å²) < 4.78 is 0. The molecule has 0 heterocycles. The zero-order valence-electron chi connectivity index (χ0n) is 11.6. The molecule has 0 aromatic heterocycles. The minimum Gasteiger partial charge on any atom is -0.480 e. The lowest BCUT2D eigenvalue weighted by molar-refractivity contribution is -0.138. The lowest BCUT2D eigenvalue weighted by Crippen LogP contribution is -2.32. The number of hydrogen-bond donors (Lipinski definition) is 2. The lowest BCUT2D eigenvalue weighted by Gasteiger charge is -2.23. The van der Waals surface area contributed by atoms with Crippen LogP contribution in [0.4, 0.5) is 0 Å². The molecule has 1 aromatic carbocycles. The molecule has 5 nitrogen and oxygen atoms in total. The van der Waals surface area contributed by atoms with Gasteiger partial charge in [-0.2, -0.15) is 0 Å². The van der Waals surface area contributed by atoms with Crippen molar-refractivity contribution < 1.29 is 14.7 Å². The summed E-state index contributed by atoms with van der Waals surface area (Å²) in [6, 6.07) is 4.81. The highest BCUT2D eigenvalue weighted by atomic mass is 35.5. The summed E-state index contributed by atoms with van der Waals surface area (Å²) in [6.45, 7) is 5.06. The highest BCUT2D eigenvalue weighted by Crippen LogP contribution is 2.20. The Morgan fingerprint density at radius 2 is 2.05 bits per heavy atom. The molecular weight excluding hydrogens is 280 g/mol. The van der Waals surface area contributed by atoms with Crippen LogP contribution in [0.25, 0.3) is 0 Å². The van der Waals surface area contributed by atoms with Crippen LogP contribution in [-0.4, -0.2) is 35.0 Å². The number of rotatable bonds is 7. The Morgan fingerprint density at radius 1 is 1.40 bits per heavy atom. The van der Waals surface area contributed by atoms with Gasteiger partial charge in [-0.1, -0.05) is 31.5 Å². The molecule has 1 amide bonds. The van der Waals surface area contributed by atoms with Crippen molar-refractivity contribution in [2.45, 2.75) is 20.4 Å². The summed E-state index contributed by atoms with van der Waals surface area (Å²) in [7, 11) is 0. The Labute approximate surface area is 123 Å². The van der Waals surface area contributed by atoms with Gasteiger partial charge in [0.05, 0.1) is 6.54 Å². The van der Waals surface area contributed by atoms with E-state index in [4.69, 9.17) is 22.4 Å². The van der Waals surface area contributed by atoms with Gasteiger partial charge in [0, 0.05) is 23.7 Å². The summed E-state index contributed by atoms with van der Waals surface area (Å²) in [5.74, 6) is -1.07. The van der Waals surface area contributed by atoms with Gasteiger partial charge in [0.1, 0.15) is 0 Å². The average molecular weight is 299 g/mol. The zero-order valence-corrected chi connectivity index (χ0v) is 12.4. The third kappa shape index (κ3) is 5.19. The van der Waals surface area contributed by atoms with E-state index in [0.717, 1.165) is 5.56 Å². The van der Waals surface area contributed by atoms with Crippen molar-refractivity contribution >= 4 is 23.5 Å². The Morgan fingerprint density at radius 3 is 2.50 bits per heavy atom. The number of nitrogens with zero attached hydrogens (tertiary/aromatic N) is 1. The van der Waals surface area contributed by atoms with E-state index < -0.39 is 11.9 Å². The molecule has 3 N–H and O–H groups in total. The third-order valence-electron chi connectivity index (χ3n) is 2.71. The van der Waals surface area contributed by atoms with Crippen LogP contribution in [0.15, 0.2) is 18.2 Å². The van der Waals surface area contributed by atoms with E-state index in [1.165, 1.54) is 6.07 Å². The molecule has 1 aromatic rings. The number of carbonyl (C=O) groups excluding carboxylic acids is 1. The van der Waals surface area contributed by atoms with Crippen molar-refractivity contribution in [3.8, 4) is 0 Å². The smallest absolute Gasteiger partial charge is 0.317 e. The van der Waals surface area contributed by atoms with Crippen LogP contribution in [-0.2, 0) is 11.3 Å². The summed E-state index contributed by atoms with van der Waals surface area (Å²) in [6.07, 6.45) is 0. The predicted molar refractivity (Wildman–Crippen MR) is 77.7 cm³/mol. The molecule has 0 bridgehead atoms. The first kappa shape index (κ1) is 16.5. The highest BCUT2D eigenvalue weighted by molar-refractivity contribution is 6.31. The Kier molecular flexibility index (Phi) is 5.98. The van der Waals surface area contributed by atoms with Crippen LogP contribution in [0.3, 0.4) is 0 Å². The maximum atomic E-state index is 11.1. The molecule has 0 radical (unpaired) electrons. The first-order valence-corrected chi connectivity index (χ1v) is 6.69. The van der Waals surface area contributed by atoms with E-state index in [-0.39, 0.29) is 6.54 Å². The second kappa shape index (κ2) is 7.26. The van der Waals surface area contributed by atoms with E-state index in [1.807, 2.05) is 13.8 Å². The van der Waals surface area contributed by atoms with Gasteiger partial charge in [0.15, 0.2) is 0 Å². The number of primary amides is 1. The number of aliphatic carboxylic acids is 1. The standard InChI is InChI=1S/C14H19ClN2O3/c1-9(2)6-17(8-13(18)19)7-11-4-3-10(14(16)20)5-12(11)15/h3-5,9H,6-8H2,1-2H3,(H2,16,20)(H,18,19). The fraction of sp³-hybridized carbons (Fsp3) is 0.429. The summed E-state index contributed by atoms with van der Waals surface area (Å²) in [5.41, 5.74) is 6.30. The number of nitrogens with two attached hydrogens (primary N) is 1. The number of hydrogen-bond acceptors (Lipinski definition) is 3. The molecule has 0 saturated carbocycles. The van der Waals surface area contributed by atoms with Crippen molar-refractivity contribution in [2.75, 3.05) is 13.1 Å². The van der Waals surface area contributed by atoms with Gasteiger partial charge >= 0.3 is 5.97 Å². The lowest BCUT2D eigenvalue weighted by atomic mass is 10.1. The number of carbonyl (C=O) groups is 2. The summed E-state index contributed by atoms with van der Waals surface area (Å²) in [4.78, 5) is 23.7. The SMILES string of the molecule is CC(C)CN(CC(=O)O)Cc1ccc(C(N)=O)cc1Cl.